The number of pyridine rings is 2. The number of hydrogen-bond donors (Lipinski definition) is 0. The van der Waals surface area contributed by atoms with Gasteiger partial charge in [-0.15, -0.1) is 0 Å². The van der Waals surface area contributed by atoms with Crippen molar-refractivity contribution in [1.29, 1.82) is 0 Å². The second-order valence-electron chi connectivity index (χ2n) is 11.1. The van der Waals surface area contributed by atoms with Crippen LogP contribution in [-0.4, -0.2) is 62.6 Å². The number of halogens is 2. The maximum atomic E-state index is 14.8. The zero-order valence-electron chi connectivity index (χ0n) is 25.1. The van der Waals surface area contributed by atoms with Gasteiger partial charge in [0, 0.05) is 36.9 Å². The summed E-state index contributed by atoms with van der Waals surface area (Å²) in [5.41, 5.74) is 2.46. The summed E-state index contributed by atoms with van der Waals surface area (Å²) in [6.07, 6.45) is 3.02. The molecular formula is C33H38ClFN6O3. The summed E-state index contributed by atoms with van der Waals surface area (Å²) in [4.78, 5) is 44.5. The first-order valence-electron chi connectivity index (χ1n) is 14.1. The molecule has 1 aliphatic heterocycles. The monoisotopic (exact) mass is 620 g/mol. The minimum Gasteiger partial charge on any atom is -0.493 e. The van der Waals surface area contributed by atoms with Gasteiger partial charge >= 0.3 is 5.69 Å². The lowest BCUT2D eigenvalue weighted by molar-refractivity contribution is -0.128. The highest BCUT2D eigenvalue weighted by molar-refractivity contribution is 6.34. The summed E-state index contributed by atoms with van der Waals surface area (Å²) < 4.78 is 21.6. The van der Waals surface area contributed by atoms with Gasteiger partial charge in [-0.3, -0.25) is 9.78 Å². The number of para-hydroxylation sites is 1. The number of anilines is 1. The van der Waals surface area contributed by atoms with Crippen LogP contribution in [0.5, 0.6) is 5.75 Å². The van der Waals surface area contributed by atoms with Crippen LogP contribution in [0, 0.1) is 12.7 Å². The highest BCUT2D eigenvalue weighted by Gasteiger charge is 2.34. The van der Waals surface area contributed by atoms with E-state index in [2.05, 4.69) is 16.5 Å². The molecule has 232 valence electrons. The molecule has 0 spiro atoms. The van der Waals surface area contributed by atoms with Gasteiger partial charge in [-0.1, -0.05) is 45.5 Å². The van der Waals surface area contributed by atoms with Gasteiger partial charge in [-0.05, 0) is 62.6 Å². The average Bonchev–Trinajstić information content (AvgIpc) is 2.97. The fraction of sp³-hybridized carbons (Fsp3) is 0.364. The fourth-order valence-corrected chi connectivity index (χ4v) is 6.00. The Hall–Kier alpha value is -4.31. The number of carbonyl (C=O) groups excluding carboxylic acids is 1. The first-order chi connectivity index (χ1) is 20.5. The summed E-state index contributed by atoms with van der Waals surface area (Å²) in [5, 5.41) is 0.766. The quantitative estimate of drug-likeness (QED) is 0.233. The molecule has 0 radical (unpaired) electrons. The fourth-order valence-electron chi connectivity index (χ4n) is 5.75. The van der Waals surface area contributed by atoms with Crippen LogP contribution in [0.3, 0.4) is 0 Å². The number of rotatable bonds is 6. The third-order valence-corrected chi connectivity index (χ3v) is 8.16. The van der Waals surface area contributed by atoms with Crippen molar-refractivity contribution in [3.8, 4) is 22.7 Å². The van der Waals surface area contributed by atoms with Crippen molar-refractivity contribution in [2.24, 2.45) is 0 Å². The number of piperazine rings is 1. The van der Waals surface area contributed by atoms with Gasteiger partial charge in [0.05, 0.1) is 34.6 Å². The lowest BCUT2D eigenvalue weighted by atomic mass is 10.0. The Kier molecular flexibility index (Phi) is 9.44. The molecule has 4 heterocycles. The van der Waals surface area contributed by atoms with E-state index in [1.807, 2.05) is 45.6 Å². The molecule has 0 unspecified atom stereocenters. The van der Waals surface area contributed by atoms with Crippen molar-refractivity contribution in [2.75, 3.05) is 25.1 Å². The first kappa shape index (κ1) is 32.6. The van der Waals surface area contributed by atoms with Gasteiger partial charge < -0.3 is 14.5 Å². The van der Waals surface area contributed by atoms with Gasteiger partial charge in [0.25, 0.3) is 0 Å². The number of hydrogen-bond acceptors (Lipinski definition) is 7. The van der Waals surface area contributed by atoms with Crippen molar-refractivity contribution >= 4 is 34.4 Å². The molecule has 1 aromatic carbocycles. The highest BCUT2D eigenvalue weighted by atomic mass is 35.5. The van der Waals surface area contributed by atoms with Gasteiger partial charge in [0.15, 0.2) is 17.2 Å². The van der Waals surface area contributed by atoms with Crippen molar-refractivity contribution in [3.63, 3.8) is 0 Å². The summed E-state index contributed by atoms with van der Waals surface area (Å²) in [6.45, 7) is 14.3. The van der Waals surface area contributed by atoms with E-state index in [9.17, 15) is 14.0 Å². The Labute approximate surface area is 262 Å². The lowest BCUT2D eigenvalue weighted by Crippen LogP contribution is -2.58. The molecule has 1 saturated heterocycles. The van der Waals surface area contributed by atoms with Crippen molar-refractivity contribution in [2.45, 2.75) is 60.0 Å². The van der Waals surface area contributed by atoms with Gasteiger partial charge in [0.2, 0.25) is 5.91 Å². The van der Waals surface area contributed by atoms with E-state index in [1.54, 1.807) is 29.3 Å². The second kappa shape index (κ2) is 12.7. The third kappa shape index (κ3) is 5.54. The van der Waals surface area contributed by atoms with Gasteiger partial charge in [0.1, 0.15) is 5.82 Å². The van der Waals surface area contributed by atoms with Crippen molar-refractivity contribution in [1.82, 2.24) is 24.4 Å². The molecule has 0 N–H and O–H groups in total. The van der Waals surface area contributed by atoms with Crippen LogP contribution in [0.2, 0.25) is 5.02 Å². The van der Waals surface area contributed by atoms with E-state index in [0.717, 1.165) is 5.56 Å². The highest BCUT2D eigenvalue weighted by Crippen LogP contribution is 2.39. The van der Waals surface area contributed by atoms with E-state index < -0.39 is 11.5 Å². The van der Waals surface area contributed by atoms with E-state index in [1.165, 1.54) is 23.8 Å². The Morgan fingerprint density at radius 1 is 1.18 bits per heavy atom. The number of ether oxygens (including phenoxy) is 1. The molecule has 44 heavy (non-hydrogen) atoms. The predicted molar refractivity (Wildman–Crippen MR) is 174 cm³/mol. The van der Waals surface area contributed by atoms with E-state index in [0.29, 0.717) is 46.9 Å². The number of aromatic nitrogens is 4. The smallest absolute Gasteiger partial charge is 0.355 e. The van der Waals surface area contributed by atoms with Crippen LogP contribution in [-0.2, 0) is 4.79 Å². The van der Waals surface area contributed by atoms with E-state index in [-0.39, 0.29) is 47.8 Å². The lowest BCUT2D eigenvalue weighted by Gasteiger charge is -2.44. The predicted octanol–water partition coefficient (Wildman–Crippen LogP) is 6.32. The Bertz CT molecular complexity index is 1810. The summed E-state index contributed by atoms with van der Waals surface area (Å²) >= 11 is 6.88. The number of aryl methyl sites for hydroxylation is 1. The molecule has 5 rings (SSSR count). The van der Waals surface area contributed by atoms with Gasteiger partial charge in [-0.25, -0.2) is 18.7 Å². The molecular weight excluding hydrogens is 583 g/mol. The maximum Gasteiger partial charge on any atom is 0.355 e. The number of carbonyl (C=O) groups is 1. The molecule has 1 fully saturated rings. The SMILES string of the molecule is C.C=CC(=O)N1C[C@H](C)N(c2nc(=O)n(-c3c(C)ccnc3C(C)C)c3nc(-c4cccc(F)c4OC)c(Cl)cc23)C[C@H]1C. The molecule has 11 heteroatoms. The van der Waals surface area contributed by atoms with Crippen molar-refractivity contribution in [3.05, 3.63) is 81.8 Å². The number of fused-ring (bicyclic) bond motifs is 1. The second-order valence-corrected chi connectivity index (χ2v) is 11.5. The minimum atomic E-state index is -0.564. The Morgan fingerprint density at radius 2 is 1.91 bits per heavy atom. The molecule has 4 aromatic rings. The van der Waals surface area contributed by atoms with Crippen LogP contribution < -0.4 is 15.3 Å². The first-order valence-corrected chi connectivity index (χ1v) is 14.5. The van der Waals surface area contributed by atoms with Crippen LogP contribution in [0.4, 0.5) is 10.2 Å². The molecule has 0 bridgehead atoms. The van der Waals surface area contributed by atoms with Crippen LogP contribution in [0.25, 0.3) is 28.0 Å². The summed E-state index contributed by atoms with van der Waals surface area (Å²) in [5.74, 6) is -0.334. The molecule has 0 saturated carbocycles. The molecule has 1 amide bonds. The molecule has 1 aliphatic rings. The summed E-state index contributed by atoms with van der Waals surface area (Å²) in [6, 6.07) is 7.70. The van der Waals surface area contributed by atoms with E-state index >= 15 is 0 Å². The number of benzene rings is 1. The molecule has 2 atom stereocenters. The Balaban J connectivity index is 0.00000442. The number of nitrogens with zero attached hydrogens (tertiary/aromatic N) is 6. The van der Waals surface area contributed by atoms with E-state index in [4.69, 9.17) is 21.3 Å². The molecule has 9 nitrogen and oxygen atoms in total. The standard InChI is InChI=1S/C32H34ClFN6O3.CH4/c1-8-25(41)38-15-20(6)39(16-19(38)5)30-22-14-23(33)27(21-10-9-11-24(34)29(21)43-7)36-31(22)40(32(42)37-30)28-18(4)12-13-35-26(28)17(2)3;/h8-14,17,19-20H,1,15-16H2,2-7H3;1H4/t19-,20+;/m1./s1. The average molecular weight is 621 g/mol. The third-order valence-electron chi connectivity index (χ3n) is 7.87. The summed E-state index contributed by atoms with van der Waals surface area (Å²) in [7, 11) is 1.38. The number of amides is 1. The maximum absolute atomic E-state index is 14.8. The minimum absolute atomic E-state index is 0. The Morgan fingerprint density at radius 3 is 2.57 bits per heavy atom. The van der Waals surface area contributed by atoms with Crippen molar-refractivity contribution < 1.29 is 13.9 Å². The zero-order chi connectivity index (χ0) is 31.2. The zero-order valence-corrected chi connectivity index (χ0v) is 25.8. The normalized spacial score (nSPS) is 16.7. The molecule has 3 aromatic heterocycles. The topological polar surface area (TPSA) is 93.5 Å². The van der Waals surface area contributed by atoms with Crippen LogP contribution >= 0.6 is 11.6 Å². The molecule has 0 aliphatic carbocycles. The largest absolute Gasteiger partial charge is 0.493 e. The van der Waals surface area contributed by atoms with Crippen LogP contribution in [0.15, 0.2) is 54.0 Å². The van der Waals surface area contributed by atoms with Gasteiger partial charge in [-0.2, -0.15) is 4.98 Å². The number of methoxy groups -OCH3 is 1. The van der Waals surface area contributed by atoms with Crippen LogP contribution in [0.1, 0.15) is 52.3 Å².